The lowest BCUT2D eigenvalue weighted by Crippen LogP contribution is -2.28. The van der Waals surface area contributed by atoms with Gasteiger partial charge in [-0.25, -0.2) is 26.6 Å². The number of fused-ring (bicyclic) bond motifs is 2. The highest BCUT2D eigenvalue weighted by Gasteiger charge is 2.17. The summed E-state index contributed by atoms with van der Waals surface area (Å²) in [7, 11) is -8.96. The zero-order valence-corrected chi connectivity index (χ0v) is 27.6. The number of carbonyl (C=O) groups excluding carboxylic acids is 1. The lowest BCUT2D eigenvalue weighted by atomic mass is 10.1. The molecule has 18 nitrogen and oxygen atoms in total. The van der Waals surface area contributed by atoms with E-state index in [1.165, 1.54) is 18.2 Å². The van der Waals surface area contributed by atoms with Gasteiger partial charge in [-0.2, -0.15) is 0 Å². The molecule has 2 aromatic carbocycles. The minimum Gasteiger partial charge on any atom is -0.748 e. The Morgan fingerprint density at radius 1 is 0.918 bits per heavy atom. The number of oxazole rings is 1. The molecule has 0 unspecified atom stereocenters. The molecule has 20 heteroatoms. The average molecular weight is 721 g/mol. The van der Waals surface area contributed by atoms with Crippen molar-refractivity contribution in [3.05, 3.63) is 68.9 Å². The largest absolute Gasteiger partial charge is 0.748 e. The molecular formula is C29H32N6O12S2-2. The van der Waals surface area contributed by atoms with Crippen LogP contribution in [-0.4, -0.2) is 101 Å². The van der Waals surface area contributed by atoms with Crippen molar-refractivity contribution >= 4 is 53.9 Å². The van der Waals surface area contributed by atoms with Crippen molar-refractivity contribution in [3.8, 4) is 11.5 Å². The quantitative estimate of drug-likeness (QED) is 0.0343. The molecule has 0 bridgehead atoms. The number of rotatable bonds is 20. The van der Waals surface area contributed by atoms with E-state index in [0.717, 1.165) is 0 Å². The molecule has 0 atom stereocenters. The Hall–Kier alpha value is -4.56. The molecule has 0 aliphatic heterocycles. The van der Waals surface area contributed by atoms with Gasteiger partial charge in [0.25, 0.3) is 5.91 Å². The number of anilines is 1. The van der Waals surface area contributed by atoms with Crippen molar-refractivity contribution in [2.45, 2.75) is 12.8 Å². The lowest BCUT2D eigenvalue weighted by Gasteiger charge is -2.25. The molecule has 0 radical (unpaired) electrons. The van der Waals surface area contributed by atoms with Crippen molar-refractivity contribution in [1.29, 1.82) is 0 Å². The van der Waals surface area contributed by atoms with E-state index < -0.39 is 37.4 Å². The normalized spacial score (nSPS) is 11.9. The first-order valence-corrected chi connectivity index (χ1v) is 18.0. The second-order valence-corrected chi connectivity index (χ2v) is 13.6. The van der Waals surface area contributed by atoms with Gasteiger partial charge in [-0.1, -0.05) is 5.11 Å². The van der Waals surface area contributed by atoms with Crippen LogP contribution in [0.3, 0.4) is 0 Å². The maximum absolute atomic E-state index is 13.0. The molecule has 264 valence electrons. The molecular weight excluding hydrogens is 688 g/mol. The predicted octanol–water partition coefficient (Wildman–Crippen LogP) is 2.35. The van der Waals surface area contributed by atoms with Crippen molar-refractivity contribution in [3.63, 3.8) is 0 Å². The van der Waals surface area contributed by atoms with Gasteiger partial charge in [0.2, 0.25) is 5.89 Å². The van der Waals surface area contributed by atoms with Crippen LogP contribution in [0.15, 0.2) is 61.2 Å². The van der Waals surface area contributed by atoms with Crippen molar-refractivity contribution in [2.24, 2.45) is 5.11 Å². The second kappa shape index (κ2) is 17.2. The predicted molar refractivity (Wildman–Crippen MR) is 174 cm³/mol. The number of ether oxygens (including phenoxy) is 2. The summed E-state index contributed by atoms with van der Waals surface area (Å²) >= 11 is 0. The zero-order chi connectivity index (χ0) is 35.4. The number of azide groups is 1. The summed E-state index contributed by atoms with van der Waals surface area (Å²) in [6.45, 7) is 1.74. The van der Waals surface area contributed by atoms with Gasteiger partial charge in [0.15, 0.2) is 5.58 Å². The number of benzene rings is 2. The molecule has 4 aromatic rings. The third kappa shape index (κ3) is 11.8. The number of amides is 1. The van der Waals surface area contributed by atoms with Crippen LogP contribution >= 0.6 is 0 Å². The molecule has 0 fully saturated rings. The Kier molecular flexibility index (Phi) is 13.1. The van der Waals surface area contributed by atoms with E-state index in [0.29, 0.717) is 41.0 Å². The van der Waals surface area contributed by atoms with Crippen molar-refractivity contribution < 1.29 is 49.0 Å². The van der Waals surface area contributed by atoms with Crippen LogP contribution in [0.5, 0.6) is 0 Å². The van der Waals surface area contributed by atoms with Crippen LogP contribution < -0.4 is 15.8 Å². The van der Waals surface area contributed by atoms with E-state index in [-0.39, 0.29) is 75.2 Å². The maximum atomic E-state index is 13.0. The van der Waals surface area contributed by atoms with Crippen LogP contribution in [0.2, 0.25) is 0 Å². The molecule has 0 saturated heterocycles. The van der Waals surface area contributed by atoms with Crippen molar-refractivity contribution in [1.82, 2.24) is 10.3 Å². The van der Waals surface area contributed by atoms with Gasteiger partial charge in [-0.15, -0.1) is 0 Å². The number of carbonyl (C=O) groups is 1. The summed E-state index contributed by atoms with van der Waals surface area (Å²) in [5.74, 6) is -1.69. The first kappa shape index (κ1) is 37.3. The number of aromatic nitrogens is 1. The molecule has 1 amide bonds. The van der Waals surface area contributed by atoms with Gasteiger partial charge >= 0.3 is 5.63 Å². The van der Waals surface area contributed by atoms with E-state index in [1.807, 2.05) is 0 Å². The summed E-state index contributed by atoms with van der Waals surface area (Å²) in [6, 6.07) is 10.9. The highest BCUT2D eigenvalue weighted by atomic mass is 32.2. The Labute approximate surface area is 280 Å². The van der Waals surface area contributed by atoms with E-state index in [2.05, 4.69) is 20.3 Å². The summed E-state index contributed by atoms with van der Waals surface area (Å²) in [4.78, 5) is 34.3. The lowest BCUT2D eigenvalue weighted by molar-refractivity contribution is 0.0511. The highest BCUT2D eigenvalue weighted by Crippen LogP contribution is 2.28. The molecule has 2 aromatic heterocycles. The molecule has 0 spiro atoms. The van der Waals surface area contributed by atoms with Crippen LogP contribution in [0.1, 0.15) is 23.2 Å². The van der Waals surface area contributed by atoms with Crippen LogP contribution in [0.4, 0.5) is 5.69 Å². The number of nitrogens with one attached hydrogen (secondary N) is 1. The molecule has 49 heavy (non-hydrogen) atoms. The minimum absolute atomic E-state index is 0.0135. The summed E-state index contributed by atoms with van der Waals surface area (Å²) < 4.78 is 88.4. The van der Waals surface area contributed by atoms with Crippen LogP contribution in [0.25, 0.3) is 44.0 Å². The van der Waals surface area contributed by atoms with Gasteiger partial charge in [-0.3, -0.25) is 4.79 Å². The fourth-order valence-electron chi connectivity index (χ4n) is 4.67. The topological polar surface area (TPSA) is 270 Å². The van der Waals surface area contributed by atoms with Gasteiger partial charge in [-0.05, 0) is 54.8 Å². The fraction of sp³-hybridized carbons (Fsp3) is 0.414. The summed E-state index contributed by atoms with van der Waals surface area (Å²) in [6.07, 6.45) is -0.100. The summed E-state index contributed by atoms with van der Waals surface area (Å²) in [5.41, 5.74) is 8.98. The molecule has 2 heterocycles. The Balaban J connectivity index is 1.43. The van der Waals surface area contributed by atoms with Gasteiger partial charge < -0.3 is 37.6 Å². The van der Waals surface area contributed by atoms with Crippen molar-refractivity contribution in [2.75, 3.05) is 69.0 Å². The van der Waals surface area contributed by atoms with Crippen LogP contribution in [0, 0.1) is 0 Å². The molecule has 4 rings (SSSR count). The monoisotopic (exact) mass is 720 g/mol. The van der Waals surface area contributed by atoms with E-state index in [4.69, 9.17) is 23.8 Å². The van der Waals surface area contributed by atoms with Gasteiger partial charge in [0.1, 0.15) is 16.7 Å². The minimum atomic E-state index is -4.48. The molecule has 0 saturated carbocycles. The maximum Gasteiger partial charge on any atom is 0.349 e. The second-order valence-electron chi connectivity index (χ2n) is 10.5. The van der Waals surface area contributed by atoms with Gasteiger partial charge in [0.05, 0.1) is 46.7 Å². The Bertz CT molecular complexity index is 2060. The Morgan fingerprint density at radius 2 is 1.61 bits per heavy atom. The number of hydrogen-bond acceptors (Lipinski definition) is 15. The SMILES string of the molecule is [N-]=[N+]=NCCOCCOCCNC(=O)c1ccc2oc(-c3cc4ccc(N(CCCS(=O)(=O)[O-])CCCS(=O)(=O)[O-])cc4oc3=O)nc2c1. The molecule has 0 aliphatic carbocycles. The highest BCUT2D eigenvalue weighted by molar-refractivity contribution is 7.85. The third-order valence-electron chi connectivity index (χ3n) is 6.91. The van der Waals surface area contributed by atoms with Crippen LogP contribution in [-0.2, 0) is 29.7 Å². The average Bonchev–Trinajstić information content (AvgIpc) is 3.46. The molecule has 1 N–H and O–H groups in total. The first-order chi connectivity index (χ1) is 23.3. The summed E-state index contributed by atoms with van der Waals surface area (Å²) in [5, 5.41) is 6.56. The van der Waals surface area contributed by atoms with E-state index in [9.17, 15) is 35.5 Å². The van der Waals surface area contributed by atoms with E-state index in [1.54, 1.807) is 29.2 Å². The number of nitrogens with zero attached hydrogens (tertiary/aromatic N) is 5. The number of hydrogen-bond donors (Lipinski definition) is 1. The standard InChI is InChI=1S/C29H34N6O12S2/c30-34-32-8-12-45-14-13-44-11-7-31-27(36)21-4-6-25-24(18-21)33-28(46-25)23-17-20-3-5-22(19-26(20)47-29(23)37)35(9-1-15-48(38,39)40)10-2-16-49(41,42)43/h3-6,17-19H,1-2,7-16H2,(H,31,36)(H,38,39,40)(H,41,42,43)/p-2. The smallest absolute Gasteiger partial charge is 0.349 e. The fourth-order valence-corrected chi connectivity index (χ4v) is 5.64. The zero-order valence-electron chi connectivity index (χ0n) is 26.0. The molecule has 0 aliphatic rings. The third-order valence-corrected chi connectivity index (χ3v) is 8.49. The Morgan fingerprint density at radius 3 is 2.29 bits per heavy atom. The van der Waals surface area contributed by atoms with Gasteiger partial charge in [0, 0.05) is 65.3 Å². The first-order valence-electron chi connectivity index (χ1n) is 14.9. The van der Waals surface area contributed by atoms with E-state index >= 15 is 0 Å².